The highest BCUT2D eigenvalue weighted by molar-refractivity contribution is 6.14. The highest BCUT2D eigenvalue weighted by Gasteiger charge is 2.25. The second kappa shape index (κ2) is 2.83. The summed E-state index contributed by atoms with van der Waals surface area (Å²) in [4.78, 5) is 22.6. The number of ether oxygens (including phenoxy) is 1. The molecule has 4 nitrogen and oxygen atoms in total. The Morgan fingerprint density at radius 2 is 1.79 bits per heavy atom. The van der Waals surface area contributed by atoms with Crippen molar-refractivity contribution in [2.24, 2.45) is 0 Å². The van der Waals surface area contributed by atoms with Crippen LogP contribution in [0.15, 0.2) is 16.5 Å². The monoisotopic (exact) mass is 192 g/mol. The van der Waals surface area contributed by atoms with Crippen molar-refractivity contribution in [3.8, 4) is 0 Å². The number of Topliss-reactive ketones (excluding diaryl/α,β-unsaturated/α-hetero) is 1. The van der Waals surface area contributed by atoms with Crippen LogP contribution in [0, 0.1) is 0 Å². The molecule has 72 valence electrons. The Hall–Kier alpha value is -1.84. The van der Waals surface area contributed by atoms with Crippen molar-refractivity contribution in [2.75, 3.05) is 7.11 Å². The van der Waals surface area contributed by atoms with Crippen LogP contribution in [0.25, 0.3) is 11.2 Å². The molecule has 0 fully saturated rings. The van der Waals surface area contributed by atoms with Crippen LogP contribution in [0.3, 0.4) is 0 Å². The van der Waals surface area contributed by atoms with Gasteiger partial charge in [0.1, 0.15) is 16.7 Å². The van der Waals surface area contributed by atoms with Crippen LogP contribution in [0.5, 0.6) is 0 Å². The molecule has 0 saturated heterocycles. The topological polar surface area (TPSA) is 56.5 Å². The van der Waals surface area contributed by atoms with Crippen LogP contribution in [-0.2, 0) is 4.74 Å². The van der Waals surface area contributed by atoms with Crippen molar-refractivity contribution in [2.45, 2.75) is 6.92 Å². The summed E-state index contributed by atoms with van der Waals surface area (Å²) in [6.45, 7) is 1.39. The van der Waals surface area contributed by atoms with E-state index in [-0.39, 0.29) is 11.3 Å². The molecule has 14 heavy (non-hydrogen) atoms. The van der Waals surface area contributed by atoms with E-state index in [2.05, 4.69) is 4.74 Å². The summed E-state index contributed by atoms with van der Waals surface area (Å²) in [6, 6.07) is 3.31. The molecule has 0 amide bonds. The second-order valence-corrected chi connectivity index (χ2v) is 2.96. The molecule has 0 aliphatic rings. The molecule has 0 aliphatic heterocycles. The van der Waals surface area contributed by atoms with Crippen molar-refractivity contribution in [1.82, 2.24) is 0 Å². The lowest BCUT2D eigenvalue weighted by atomic mass is 10.0. The minimum atomic E-state index is -0.537. The van der Waals surface area contributed by atoms with Crippen LogP contribution in [0.4, 0.5) is 0 Å². The average Bonchev–Trinajstić information content (AvgIpc) is 2.74. The summed E-state index contributed by atoms with van der Waals surface area (Å²) in [6.07, 6.45) is 0. The molecular weight excluding hydrogens is 184 g/mol. The quantitative estimate of drug-likeness (QED) is 0.538. The third kappa shape index (κ3) is 1.00. The van der Waals surface area contributed by atoms with Gasteiger partial charge >= 0.3 is 5.97 Å². The lowest BCUT2D eigenvalue weighted by molar-refractivity contribution is 0.0599. The van der Waals surface area contributed by atoms with E-state index in [4.69, 9.17) is 4.42 Å². The van der Waals surface area contributed by atoms with Gasteiger partial charge in [0.05, 0.1) is 12.7 Å². The number of hydrogen-bond donors (Lipinski definition) is 0. The molecule has 2 bridgehead atoms. The normalized spacial score (nSPS) is 10.7. The van der Waals surface area contributed by atoms with Crippen molar-refractivity contribution in [3.63, 3.8) is 0 Å². The summed E-state index contributed by atoms with van der Waals surface area (Å²) in [5.74, 6) is -0.732. The number of fused-ring (bicyclic) bond motifs is 2. The van der Waals surface area contributed by atoms with Gasteiger partial charge in [-0.3, -0.25) is 4.79 Å². The largest absolute Gasteiger partial charge is 0.465 e. The minimum absolute atomic E-state index is 0.195. The summed E-state index contributed by atoms with van der Waals surface area (Å²) in [5.41, 5.74) is 1.39. The Morgan fingerprint density at radius 1 is 1.21 bits per heavy atom. The number of methoxy groups -OCH3 is 1. The summed E-state index contributed by atoms with van der Waals surface area (Å²) in [7, 11) is 1.27. The number of esters is 1. The molecular formula is C10H8O4. The van der Waals surface area contributed by atoms with E-state index in [9.17, 15) is 9.59 Å². The van der Waals surface area contributed by atoms with Crippen molar-refractivity contribution in [1.29, 1.82) is 0 Å². The lowest BCUT2D eigenvalue weighted by Crippen LogP contribution is -2.07. The van der Waals surface area contributed by atoms with E-state index in [0.717, 1.165) is 0 Å². The molecule has 0 atom stereocenters. The number of carbonyl (C=O) groups is 2. The first kappa shape index (κ1) is 8.74. The van der Waals surface area contributed by atoms with Gasteiger partial charge in [-0.15, -0.1) is 0 Å². The molecule has 0 saturated carbocycles. The van der Waals surface area contributed by atoms with Crippen LogP contribution in [0.2, 0.25) is 0 Å². The molecule has 0 aromatic carbocycles. The summed E-state index contributed by atoms with van der Waals surface area (Å²) < 4.78 is 9.78. The fourth-order valence-electron chi connectivity index (χ4n) is 1.51. The molecule has 0 unspecified atom stereocenters. The van der Waals surface area contributed by atoms with Crippen LogP contribution < -0.4 is 0 Å². The maximum atomic E-state index is 11.3. The van der Waals surface area contributed by atoms with E-state index in [1.807, 2.05) is 0 Å². The number of furan rings is 2. The molecule has 4 heteroatoms. The third-order valence-electron chi connectivity index (χ3n) is 2.09. The molecule has 2 rings (SSSR count). The van der Waals surface area contributed by atoms with E-state index in [0.29, 0.717) is 16.7 Å². The second-order valence-electron chi connectivity index (χ2n) is 2.96. The predicted octanol–water partition coefficient (Wildman–Crippen LogP) is 1.86. The smallest absolute Gasteiger partial charge is 0.342 e. The molecule has 0 radical (unpaired) electrons. The summed E-state index contributed by atoms with van der Waals surface area (Å²) >= 11 is 0. The molecule has 2 aromatic heterocycles. The van der Waals surface area contributed by atoms with Crippen LogP contribution in [0.1, 0.15) is 27.6 Å². The fourth-order valence-corrected chi connectivity index (χ4v) is 1.51. The summed E-state index contributed by atoms with van der Waals surface area (Å²) in [5, 5.41) is 0. The van der Waals surface area contributed by atoms with Crippen LogP contribution in [-0.4, -0.2) is 18.9 Å². The third-order valence-corrected chi connectivity index (χ3v) is 2.09. The molecule has 0 N–H and O–H groups in total. The van der Waals surface area contributed by atoms with Gasteiger partial charge in [-0.1, -0.05) is 0 Å². The Bertz CT molecular complexity index is 494. The Balaban J connectivity index is 2.69. The minimum Gasteiger partial charge on any atom is -0.465 e. The Morgan fingerprint density at radius 3 is 2.29 bits per heavy atom. The van der Waals surface area contributed by atoms with Gasteiger partial charge in [0.2, 0.25) is 0 Å². The van der Waals surface area contributed by atoms with Crippen molar-refractivity contribution >= 4 is 22.9 Å². The standard InChI is InChI=1S/C10H8O4/c1-5(11)8-6-3-4-7(14-6)9(8)10(12)13-2/h3-4H,1-2H3. The molecule has 0 aliphatic carbocycles. The Kier molecular flexibility index (Phi) is 1.77. The fraction of sp³-hybridized carbons (Fsp3) is 0.200. The first-order chi connectivity index (χ1) is 6.65. The number of rotatable bonds is 2. The van der Waals surface area contributed by atoms with Crippen molar-refractivity contribution in [3.05, 3.63) is 23.3 Å². The number of benzene rings is 1. The van der Waals surface area contributed by atoms with Gasteiger partial charge in [-0.05, 0) is 19.1 Å². The van der Waals surface area contributed by atoms with Gasteiger partial charge in [0.15, 0.2) is 5.78 Å². The van der Waals surface area contributed by atoms with E-state index >= 15 is 0 Å². The van der Waals surface area contributed by atoms with Gasteiger partial charge in [0, 0.05) is 0 Å². The van der Waals surface area contributed by atoms with E-state index in [1.165, 1.54) is 14.0 Å². The maximum Gasteiger partial charge on any atom is 0.342 e. The number of carbonyl (C=O) groups excluding carboxylic acids is 2. The van der Waals surface area contributed by atoms with E-state index in [1.54, 1.807) is 12.1 Å². The highest BCUT2D eigenvalue weighted by atomic mass is 16.5. The van der Waals surface area contributed by atoms with Gasteiger partial charge in [0.25, 0.3) is 0 Å². The van der Waals surface area contributed by atoms with Gasteiger partial charge in [-0.2, -0.15) is 0 Å². The zero-order chi connectivity index (χ0) is 10.3. The lowest BCUT2D eigenvalue weighted by Gasteiger charge is -1.99. The zero-order valence-electron chi connectivity index (χ0n) is 7.79. The predicted molar refractivity (Wildman–Crippen MR) is 48.7 cm³/mol. The maximum absolute atomic E-state index is 11.3. The number of ketones is 1. The Labute approximate surface area is 79.8 Å². The van der Waals surface area contributed by atoms with Gasteiger partial charge in [-0.25, -0.2) is 4.79 Å². The number of hydrogen-bond acceptors (Lipinski definition) is 4. The van der Waals surface area contributed by atoms with Crippen LogP contribution >= 0.6 is 0 Å². The molecule has 2 heterocycles. The van der Waals surface area contributed by atoms with Gasteiger partial charge < -0.3 is 9.15 Å². The molecule has 0 spiro atoms. The zero-order valence-corrected chi connectivity index (χ0v) is 7.79. The van der Waals surface area contributed by atoms with Crippen molar-refractivity contribution < 1.29 is 18.7 Å². The first-order valence-corrected chi connectivity index (χ1v) is 4.09. The average molecular weight is 192 g/mol. The SMILES string of the molecule is COC(=O)c1c(C(C)=O)c2ccc1o2. The molecule has 2 aromatic rings. The first-order valence-electron chi connectivity index (χ1n) is 4.09. The highest BCUT2D eigenvalue weighted by Crippen LogP contribution is 2.29. The van der Waals surface area contributed by atoms with E-state index < -0.39 is 5.97 Å².